The molecular weight excluding hydrogens is 294 g/mol. The molecule has 0 radical (unpaired) electrons. The number of nitriles is 1. The van der Waals surface area contributed by atoms with E-state index in [0.717, 1.165) is 5.71 Å². The van der Waals surface area contributed by atoms with Crippen molar-refractivity contribution in [3.63, 3.8) is 0 Å². The van der Waals surface area contributed by atoms with Gasteiger partial charge in [-0.2, -0.15) is 10.4 Å². The molecule has 0 aliphatic carbocycles. The van der Waals surface area contributed by atoms with Gasteiger partial charge in [-0.05, 0) is 26.2 Å². The van der Waals surface area contributed by atoms with E-state index in [4.69, 9.17) is 4.74 Å². The van der Waals surface area contributed by atoms with Crippen molar-refractivity contribution in [2.24, 2.45) is 16.0 Å². The Hall–Kier alpha value is -2.36. The second-order valence-corrected chi connectivity index (χ2v) is 5.36. The molecule has 1 N–H and O–H groups in total. The number of nitrogens with one attached hydrogen (secondary N) is 1. The molecule has 0 bridgehead atoms. The van der Waals surface area contributed by atoms with Crippen LogP contribution < -0.4 is 5.43 Å². The van der Waals surface area contributed by atoms with Gasteiger partial charge in [-0.1, -0.05) is 20.8 Å². The molecule has 7 heteroatoms. The fourth-order valence-electron chi connectivity index (χ4n) is 1.36. The molecule has 0 saturated carbocycles. The number of carbonyl (C=O) groups excluding carboxylic acids is 1. The van der Waals surface area contributed by atoms with E-state index in [1.165, 1.54) is 0 Å². The highest BCUT2D eigenvalue weighted by atomic mass is 16.5. The van der Waals surface area contributed by atoms with Crippen LogP contribution in [0.4, 0.5) is 0 Å². The predicted molar refractivity (Wildman–Crippen MR) is 91.8 cm³/mol. The minimum Gasteiger partial charge on any atom is -0.462 e. The largest absolute Gasteiger partial charge is 0.462 e. The molecule has 0 aromatic heterocycles. The molecule has 0 aliphatic rings. The molecular formula is C16H27N5O2. The van der Waals surface area contributed by atoms with Crippen LogP contribution in [0.2, 0.25) is 0 Å². The number of nitrogens with zero attached hydrogens (tertiary/aromatic N) is 4. The van der Waals surface area contributed by atoms with Gasteiger partial charge in [0.1, 0.15) is 6.07 Å². The van der Waals surface area contributed by atoms with E-state index in [2.05, 4.69) is 15.5 Å². The average molecular weight is 321 g/mol. The lowest BCUT2D eigenvalue weighted by Crippen LogP contribution is -2.34. The summed E-state index contributed by atoms with van der Waals surface area (Å²) in [6, 6.07) is 1.88. The lowest BCUT2D eigenvalue weighted by Gasteiger charge is -2.16. The topological polar surface area (TPSA) is 90.1 Å². The van der Waals surface area contributed by atoms with Crippen molar-refractivity contribution in [2.45, 2.75) is 41.0 Å². The number of esters is 1. The van der Waals surface area contributed by atoms with Gasteiger partial charge >= 0.3 is 5.97 Å². The van der Waals surface area contributed by atoms with Gasteiger partial charge in [0.2, 0.25) is 5.96 Å². The van der Waals surface area contributed by atoms with E-state index in [-0.39, 0.29) is 12.2 Å². The highest BCUT2D eigenvalue weighted by Gasteiger charge is 2.16. The molecule has 0 spiro atoms. The Morgan fingerprint density at radius 1 is 1.35 bits per heavy atom. The third-order valence-corrected chi connectivity index (χ3v) is 3.05. The van der Waals surface area contributed by atoms with Crippen molar-refractivity contribution in [1.29, 1.82) is 5.26 Å². The van der Waals surface area contributed by atoms with Gasteiger partial charge in [-0.3, -0.25) is 0 Å². The maximum Gasteiger partial charge on any atom is 0.350 e. The third-order valence-electron chi connectivity index (χ3n) is 3.05. The van der Waals surface area contributed by atoms with E-state index in [9.17, 15) is 10.1 Å². The predicted octanol–water partition coefficient (Wildman–Crippen LogP) is 2.28. The Morgan fingerprint density at radius 3 is 2.35 bits per heavy atom. The quantitative estimate of drug-likeness (QED) is 0.202. The summed E-state index contributed by atoms with van der Waals surface area (Å²) in [7, 11) is 3.60. The summed E-state index contributed by atoms with van der Waals surface area (Å²) >= 11 is 0. The summed E-state index contributed by atoms with van der Waals surface area (Å²) in [6.45, 7) is 9.73. The minimum atomic E-state index is -0.657. The number of carbonyl (C=O) groups is 1. The second kappa shape index (κ2) is 10.4. The van der Waals surface area contributed by atoms with Crippen LogP contribution in [0, 0.1) is 17.2 Å². The van der Waals surface area contributed by atoms with Crippen molar-refractivity contribution in [3.8, 4) is 6.07 Å². The van der Waals surface area contributed by atoms with Crippen LogP contribution in [0.25, 0.3) is 0 Å². The second-order valence-electron chi connectivity index (χ2n) is 5.36. The Morgan fingerprint density at radius 2 is 1.96 bits per heavy atom. The molecule has 0 fully saturated rings. The maximum absolute atomic E-state index is 11.8. The van der Waals surface area contributed by atoms with Crippen molar-refractivity contribution >= 4 is 17.6 Å². The minimum absolute atomic E-state index is 0.0833. The Kier molecular flexibility index (Phi) is 9.31. The van der Waals surface area contributed by atoms with Gasteiger partial charge in [-0.25, -0.2) is 15.2 Å². The van der Waals surface area contributed by atoms with Gasteiger partial charge in [0.05, 0.1) is 12.3 Å². The van der Waals surface area contributed by atoms with E-state index in [1.54, 1.807) is 25.9 Å². The molecule has 128 valence electrons. The smallest absolute Gasteiger partial charge is 0.350 e. The van der Waals surface area contributed by atoms with Crippen LogP contribution in [0.5, 0.6) is 0 Å². The summed E-state index contributed by atoms with van der Waals surface area (Å²) in [5.74, 6) is 0.0933. The number of hydrogen-bond donors (Lipinski definition) is 1. The van der Waals surface area contributed by atoms with Crippen molar-refractivity contribution < 1.29 is 9.53 Å². The monoisotopic (exact) mass is 321 g/mol. The lowest BCUT2D eigenvalue weighted by atomic mass is 10.1. The normalized spacial score (nSPS) is 13.3. The van der Waals surface area contributed by atoms with Crippen LogP contribution in [0.15, 0.2) is 21.4 Å². The molecule has 0 saturated heterocycles. The molecule has 0 rings (SSSR count). The summed E-state index contributed by atoms with van der Waals surface area (Å²) in [6.07, 6.45) is 0.424. The Balaban J connectivity index is 5.70. The van der Waals surface area contributed by atoms with E-state index in [0.29, 0.717) is 24.0 Å². The highest BCUT2D eigenvalue weighted by Crippen LogP contribution is 2.12. The standard InChI is InChI=1S/C16H27N5O2/c1-8-14(13(10-17)15(22)23-9-2)18-16(21(6)7)20-19-12(5)11(3)4/h11H,8-9H2,1-7H3,(H,18,20)/b14-13-,19-12-. The molecule has 0 aromatic carbocycles. The summed E-state index contributed by atoms with van der Waals surface area (Å²) in [5.41, 5.74) is 4.08. The average Bonchev–Trinajstić information content (AvgIpc) is 2.49. The molecule has 0 atom stereocenters. The van der Waals surface area contributed by atoms with Crippen LogP contribution in [-0.4, -0.2) is 43.2 Å². The zero-order valence-corrected chi connectivity index (χ0v) is 15.1. The van der Waals surface area contributed by atoms with E-state index < -0.39 is 5.97 Å². The first-order chi connectivity index (χ1) is 10.8. The first-order valence-electron chi connectivity index (χ1n) is 7.64. The van der Waals surface area contributed by atoms with Crippen LogP contribution in [0.1, 0.15) is 41.0 Å². The van der Waals surface area contributed by atoms with Gasteiger partial charge in [-0.15, -0.1) is 0 Å². The van der Waals surface area contributed by atoms with E-state index in [1.807, 2.05) is 33.8 Å². The molecule has 0 aliphatic heterocycles. The van der Waals surface area contributed by atoms with Crippen molar-refractivity contribution in [2.75, 3.05) is 20.7 Å². The van der Waals surface area contributed by atoms with Gasteiger partial charge in [0, 0.05) is 19.8 Å². The number of ether oxygens (including phenoxy) is 1. The van der Waals surface area contributed by atoms with Crippen molar-refractivity contribution in [3.05, 3.63) is 11.3 Å². The third kappa shape index (κ3) is 6.96. The van der Waals surface area contributed by atoms with E-state index >= 15 is 0 Å². The Bertz CT molecular complexity index is 539. The number of hydrazone groups is 1. The number of guanidine groups is 1. The SMILES string of the molecule is CCOC(=O)/C(C#N)=C(/CC)N=C(N/N=C(/C)C(C)C)N(C)C. The number of aliphatic imine (C=N–C) groups is 1. The molecule has 0 heterocycles. The summed E-state index contributed by atoms with van der Waals surface area (Å²) < 4.78 is 4.90. The van der Waals surface area contributed by atoms with Gasteiger partial charge < -0.3 is 9.64 Å². The molecule has 7 nitrogen and oxygen atoms in total. The fourth-order valence-corrected chi connectivity index (χ4v) is 1.36. The van der Waals surface area contributed by atoms with Gasteiger partial charge in [0.15, 0.2) is 5.57 Å². The number of rotatable bonds is 6. The van der Waals surface area contributed by atoms with Crippen LogP contribution >= 0.6 is 0 Å². The zero-order chi connectivity index (χ0) is 18.0. The van der Waals surface area contributed by atoms with Crippen LogP contribution in [-0.2, 0) is 9.53 Å². The van der Waals surface area contributed by atoms with Gasteiger partial charge in [0.25, 0.3) is 0 Å². The fraction of sp³-hybridized carbons (Fsp3) is 0.625. The molecule has 0 unspecified atom stereocenters. The molecule has 0 amide bonds. The Labute approximate surface area is 138 Å². The zero-order valence-electron chi connectivity index (χ0n) is 15.1. The molecule has 23 heavy (non-hydrogen) atoms. The number of allylic oxidation sites excluding steroid dienone is 1. The first kappa shape index (κ1) is 20.6. The first-order valence-corrected chi connectivity index (χ1v) is 7.64. The lowest BCUT2D eigenvalue weighted by molar-refractivity contribution is -0.138. The maximum atomic E-state index is 11.8. The summed E-state index contributed by atoms with van der Waals surface area (Å²) in [4.78, 5) is 18.0. The van der Waals surface area contributed by atoms with Crippen LogP contribution in [0.3, 0.4) is 0 Å². The van der Waals surface area contributed by atoms with Crippen molar-refractivity contribution in [1.82, 2.24) is 10.3 Å². The number of hydrogen-bond acceptors (Lipinski definition) is 5. The summed E-state index contributed by atoms with van der Waals surface area (Å²) in [5, 5.41) is 13.5. The highest BCUT2D eigenvalue weighted by molar-refractivity contribution is 5.94. The molecule has 0 aromatic rings.